The molecule has 1 heterocycles. The van der Waals surface area contributed by atoms with E-state index in [0.29, 0.717) is 36.2 Å². The lowest BCUT2D eigenvalue weighted by Crippen LogP contribution is -2.35. The second-order valence-corrected chi connectivity index (χ2v) is 21.1. The van der Waals surface area contributed by atoms with Gasteiger partial charge in [0.1, 0.15) is 49.3 Å². The first kappa shape index (κ1) is 37.8. The van der Waals surface area contributed by atoms with E-state index < -0.39 is 13.9 Å². The molecule has 5 aromatic rings. The monoisotopic (exact) mass is 780 g/mol. The molecule has 0 saturated carbocycles. The third-order valence-electron chi connectivity index (χ3n) is 9.38. The fourth-order valence-electron chi connectivity index (χ4n) is 7.12. The Labute approximate surface area is 325 Å². The molecule has 1 atom stereocenters. The molecular formula is C42H44O7S2Si2. The van der Waals surface area contributed by atoms with E-state index in [0.717, 1.165) is 64.0 Å². The molecule has 0 bridgehead atoms. The van der Waals surface area contributed by atoms with Crippen LogP contribution in [-0.2, 0) is 27.1 Å². The van der Waals surface area contributed by atoms with Crippen LogP contribution in [0.25, 0.3) is 28.0 Å². The van der Waals surface area contributed by atoms with Crippen LogP contribution in [0.3, 0.4) is 0 Å². The highest BCUT2D eigenvalue weighted by Crippen LogP contribution is 2.58. The van der Waals surface area contributed by atoms with E-state index in [1.165, 1.54) is 27.6 Å². The van der Waals surface area contributed by atoms with Gasteiger partial charge in [-0.3, -0.25) is 8.37 Å². The molecule has 1 unspecified atom stereocenters. The summed E-state index contributed by atoms with van der Waals surface area (Å²) in [5.74, 6) is 2.38. The lowest BCUT2D eigenvalue weighted by molar-refractivity contribution is 0.163. The van der Waals surface area contributed by atoms with Gasteiger partial charge in [0.15, 0.2) is 17.9 Å². The van der Waals surface area contributed by atoms with Crippen molar-refractivity contribution in [2.24, 2.45) is 0 Å². The first-order valence-electron chi connectivity index (χ1n) is 17.8. The van der Waals surface area contributed by atoms with Crippen LogP contribution in [0.1, 0.15) is 41.7 Å². The zero-order valence-electron chi connectivity index (χ0n) is 30.9. The summed E-state index contributed by atoms with van der Waals surface area (Å²) in [7, 11) is -1.29. The zero-order chi connectivity index (χ0) is 37.1. The maximum atomic E-state index is 7.45. The summed E-state index contributed by atoms with van der Waals surface area (Å²) >= 11 is 2.06. The maximum Gasteiger partial charge on any atom is 0.684 e. The van der Waals surface area contributed by atoms with Crippen molar-refractivity contribution in [1.82, 2.24) is 0 Å². The third kappa shape index (κ3) is 7.85. The molecule has 7 rings (SSSR count). The van der Waals surface area contributed by atoms with Crippen molar-refractivity contribution < 1.29 is 30.3 Å². The van der Waals surface area contributed by atoms with E-state index in [9.17, 15) is 0 Å². The minimum absolute atomic E-state index is 0.208. The predicted molar refractivity (Wildman–Crippen MR) is 220 cm³/mol. The second-order valence-electron chi connectivity index (χ2n) is 14.4. The summed E-state index contributed by atoms with van der Waals surface area (Å²) in [4.78, 5) is 0. The summed E-state index contributed by atoms with van der Waals surface area (Å²) < 4.78 is 41.4. The van der Waals surface area contributed by atoms with Crippen LogP contribution in [0, 0.1) is 0 Å². The van der Waals surface area contributed by atoms with Gasteiger partial charge in [-0.1, -0.05) is 92.7 Å². The lowest BCUT2D eigenvalue weighted by Gasteiger charge is -2.38. The molecule has 0 amide bonds. The molecule has 11 heteroatoms. The van der Waals surface area contributed by atoms with Gasteiger partial charge in [-0.2, -0.15) is 0 Å². The van der Waals surface area contributed by atoms with E-state index in [4.69, 9.17) is 30.3 Å². The number of fused-ring (bicyclic) bond motifs is 8. The molecular weight excluding hydrogens is 737 g/mol. The van der Waals surface area contributed by atoms with Gasteiger partial charge in [0, 0.05) is 27.5 Å². The molecule has 7 nitrogen and oxygen atoms in total. The highest BCUT2D eigenvalue weighted by Gasteiger charge is 2.44. The van der Waals surface area contributed by atoms with Crippen LogP contribution >= 0.6 is 24.6 Å². The van der Waals surface area contributed by atoms with Crippen LogP contribution in [-0.4, -0.2) is 44.5 Å². The van der Waals surface area contributed by atoms with Gasteiger partial charge in [0.25, 0.3) is 0 Å². The second kappa shape index (κ2) is 16.1. The Hall–Kier alpha value is -3.53. The molecule has 0 N–H and O–H groups in total. The van der Waals surface area contributed by atoms with Crippen molar-refractivity contribution in [3.63, 3.8) is 0 Å². The van der Waals surface area contributed by atoms with Crippen molar-refractivity contribution >= 4 is 59.6 Å². The average molecular weight is 781 g/mol. The van der Waals surface area contributed by atoms with Crippen molar-refractivity contribution in [3.8, 4) is 28.4 Å². The number of hydrogen-bond donors (Lipinski definition) is 0. The van der Waals surface area contributed by atoms with Gasteiger partial charge < -0.3 is 18.1 Å². The molecule has 0 fully saturated rings. The summed E-state index contributed by atoms with van der Waals surface area (Å²) in [5.41, 5.74) is 7.15. The molecule has 0 aromatic heterocycles. The molecule has 1 radical (unpaired) electrons. The number of ether oxygens (including phenoxy) is 3. The fraction of sp³-hybridized carbons (Fsp3) is 0.286. The van der Waals surface area contributed by atoms with Crippen molar-refractivity contribution in [3.05, 3.63) is 131 Å². The summed E-state index contributed by atoms with van der Waals surface area (Å²) in [6.45, 7) is 14.6. The molecule has 0 saturated heterocycles. The first-order valence-corrected chi connectivity index (χ1v) is 23.9. The SMILES string of the molecule is C[Si+]OSOCCOc1ccc(C2(c3ccc(OCCOSO[Si-](C)(C)C)cc3)C=Cc3c4c(c5ccccc5c3O2)-c2ccccc2C4(C)C)cc1. The van der Waals surface area contributed by atoms with Crippen molar-refractivity contribution in [1.29, 1.82) is 0 Å². The van der Waals surface area contributed by atoms with Crippen LogP contribution in [0.2, 0.25) is 26.2 Å². The average Bonchev–Trinajstić information content (AvgIpc) is 3.41. The molecule has 1 aliphatic carbocycles. The third-order valence-corrected chi connectivity index (χ3v) is 13.1. The van der Waals surface area contributed by atoms with E-state index >= 15 is 0 Å². The number of hydrogen-bond acceptors (Lipinski definition) is 9. The minimum atomic E-state index is -1.66. The molecule has 1 aliphatic heterocycles. The van der Waals surface area contributed by atoms with Crippen molar-refractivity contribution in [2.75, 3.05) is 26.4 Å². The number of rotatable bonds is 16. The normalized spacial score (nSPS) is 16.8. The van der Waals surface area contributed by atoms with E-state index in [2.05, 4.69) is 118 Å². The largest absolute Gasteiger partial charge is 0.684 e. The van der Waals surface area contributed by atoms with Gasteiger partial charge in [0.2, 0.25) is 0 Å². The molecule has 274 valence electrons. The Morgan fingerprint density at radius 3 is 1.91 bits per heavy atom. The zero-order valence-corrected chi connectivity index (χ0v) is 34.5. The lowest BCUT2D eigenvalue weighted by atomic mass is 9.77. The highest BCUT2D eigenvalue weighted by molar-refractivity contribution is 7.91. The Morgan fingerprint density at radius 1 is 0.698 bits per heavy atom. The summed E-state index contributed by atoms with van der Waals surface area (Å²) in [6, 6.07) is 33.7. The Balaban J connectivity index is 1.23. The predicted octanol–water partition coefficient (Wildman–Crippen LogP) is 10.9. The van der Waals surface area contributed by atoms with E-state index in [1.807, 2.05) is 30.8 Å². The quantitative estimate of drug-likeness (QED) is 0.0553. The Morgan fingerprint density at radius 2 is 1.28 bits per heavy atom. The standard InChI is InChI=1S/C42H44O7S2Si2/c1-41(2)37-14-10-9-13-35(37)38-33-11-7-8-12-34(33)40-36(39(38)41)23-24-42(47-40,29-15-19-31(20-16-29)43-25-27-45-50-48-52-3)30-17-21-32(22-18-30)44-26-28-46-51-49-53(4,5)6/h7-24H,25-28H2,1-6H3. The molecule has 2 aliphatic rings. The topological polar surface area (TPSA) is 64.6 Å². The van der Waals surface area contributed by atoms with Gasteiger partial charge in [-0.15, -0.1) is 23.5 Å². The minimum Gasteiger partial charge on any atom is -0.491 e. The first-order chi connectivity index (χ1) is 25.6. The van der Waals surface area contributed by atoms with Gasteiger partial charge in [-0.25, -0.2) is 0 Å². The fourth-order valence-corrected chi connectivity index (χ4v) is 8.86. The highest BCUT2D eigenvalue weighted by atomic mass is 32.2. The Bertz CT molecular complexity index is 2080. The van der Waals surface area contributed by atoms with Gasteiger partial charge in [0.05, 0.1) is 13.2 Å². The van der Waals surface area contributed by atoms with Gasteiger partial charge >= 0.3 is 9.76 Å². The smallest absolute Gasteiger partial charge is 0.491 e. The van der Waals surface area contributed by atoms with Crippen LogP contribution in [0.5, 0.6) is 17.2 Å². The Kier molecular flexibility index (Phi) is 11.4. The maximum absolute atomic E-state index is 7.45. The summed E-state index contributed by atoms with van der Waals surface area (Å²) in [5, 5.41) is 2.28. The molecule has 53 heavy (non-hydrogen) atoms. The number of benzene rings is 5. The molecule has 0 spiro atoms. The van der Waals surface area contributed by atoms with Crippen LogP contribution in [0.15, 0.2) is 103 Å². The van der Waals surface area contributed by atoms with Crippen molar-refractivity contribution in [2.45, 2.75) is 51.1 Å². The van der Waals surface area contributed by atoms with E-state index in [1.54, 1.807) is 0 Å². The van der Waals surface area contributed by atoms with Gasteiger partial charge in [-0.05, 0) is 66.3 Å². The summed E-state index contributed by atoms with van der Waals surface area (Å²) in [6.07, 6.45) is 4.48. The van der Waals surface area contributed by atoms with Crippen LogP contribution in [0.4, 0.5) is 0 Å². The van der Waals surface area contributed by atoms with E-state index in [-0.39, 0.29) is 5.41 Å². The molecule has 5 aromatic carbocycles. The van der Waals surface area contributed by atoms with Crippen LogP contribution < -0.4 is 14.2 Å².